The minimum Gasteiger partial charge on any atom is -0.354 e. The van der Waals surface area contributed by atoms with Gasteiger partial charge in [-0.25, -0.2) is 4.98 Å². The molecule has 0 aromatic carbocycles. The van der Waals surface area contributed by atoms with Gasteiger partial charge >= 0.3 is 0 Å². The highest BCUT2D eigenvalue weighted by Crippen LogP contribution is 2.29. The average molecular weight is 396 g/mol. The van der Waals surface area contributed by atoms with Crippen LogP contribution in [0.1, 0.15) is 38.3 Å². The summed E-state index contributed by atoms with van der Waals surface area (Å²) in [6.07, 6.45) is 3.94. The minimum atomic E-state index is -0.212. The van der Waals surface area contributed by atoms with Crippen molar-refractivity contribution < 1.29 is 4.79 Å². The Labute approximate surface area is 161 Å². The van der Waals surface area contributed by atoms with Crippen molar-refractivity contribution in [1.29, 1.82) is 0 Å². The summed E-state index contributed by atoms with van der Waals surface area (Å²) in [6.45, 7) is 5.46. The summed E-state index contributed by atoms with van der Waals surface area (Å²) < 4.78 is 1.32. The second-order valence-corrected chi connectivity index (χ2v) is 8.58. The summed E-state index contributed by atoms with van der Waals surface area (Å²) in [5, 5.41) is 8.15. The van der Waals surface area contributed by atoms with Crippen molar-refractivity contribution >= 4 is 39.1 Å². The fourth-order valence-corrected chi connectivity index (χ4v) is 4.91. The van der Waals surface area contributed by atoms with E-state index in [4.69, 9.17) is 0 Å². The molecule has 1 fully saturated rings. The van der Waals surface area contributed by atoms with Crippen LogP contribution in [0.15, 0.2) is 10.9 Å². The number of nitrogens with zero attached hydrogens (tertiary/aromatic N) is 4. The number of fused-ring (bicyclic) bond motifs is 1. The van der Waals surface area contributed by atoms with Gasteiger partial charge in [0.25, 0.3) is 5.56 Å². The number of thioether (sulfide) groups is 1. The first-order valence-electron chi connectivity index (χ1n) is 9.09. The van der Waals surface area contributed by atoms with Crippen molar-refractivity contribution in [2.45, 2.75) is 45.6 Å². The van der Waals surface area contributed by atoms with Crippen molar-refractivity contribution in [1.82, 2.24) is 19.9 Å². The number of carbonyl (C=O) groups excluding carboxylic acids is 1. The molecule has 0 aliphatic carbocycles. The van der Waals surface area contributed by atoms with Crippen LogP contribution in [-0.4, -0.2) is 51.1 Å². The molecule has 1 unspecified atom stereocenters. The first-order valence-corrected chi connectivity index (χ1v) is 11.1. The number of carbonyl (C=O) groups is 1. The fourth-order valence-electron chi connectivity index (χ4n) is 3.04. The van der Waals surface area contributed by atoms with E-state index >= 15 is 0 Å². The smallest absolute Gasteiger partial charge is 0.275 e. The zero-order valence-electron chi connectivity index (χ0n) is 15.2. The Morgan fingerprint density at radius 2 is 2.31 bits per heavy atom. The number of amides is 1. The monoisotopic (exact) mass is 395 g/mol. The number of rotatable bonds is 8. The quantitative estimate of drug-likeness (QED) is 0.690. The van der Waals surface area contributed by atoms with Gasteiger partial charge in [-0.05, 0) is 44.1 Å². The van der Waals surface area contributed by atoms with E-state index in [9.17, 15) is 9.59 Å². The van der Waals surface area contributed by atoms with Crippen molar-refractivity contribution in [3.63, 3.8) is 0 Å². The van der Waals surface area contributed by atoms with Crippen LogP contribution in [0.5, 0.6) is 0 Å². The van der Waals surface area contributed by atoms with Crippen LogP contribution in [0.2, 0.25) is 0 Å². The Bertz CT molecular complexity index is 819. The van der Waals surface area contributed by atoms with Gasteiger partial charge in [-0.3, -0.25) is 9.59 Å². The molecule has 3 heterocycles. The molecule has 7 nitrogen and oxygen atoms in total. The molecule has 1 N–H and O–H groups in total. The Balaban J connectivity index is 1.63. The second kappa shape index (κ2) is 8.85. The summed E-state index contributed by atoms with van der Waals surface area (Å²) in [6, 6.07) is 1.26. The molecule has 142 valence electrons. The molecule has 1 aliphatic heterocycles. The van der Waals surface area contributed by atoms with E-state index in [1.165, 1.54) is 34.1 Å². The lowest BCUT2D eigenvalue weighted by Crippen LogP contribution is -2.43. The highest BCUT2D eigenvalue weighted by Gasteiger charge is 2.32. The van der Waals surface area contributed by atoms with Gasteiger partial charge in [-0.15, -0.1) is 5.10 Å². The molecular formula is C17H25N5O2S2. The van der Waals surface area contributed by atoms with Crippen molar-refractivity contribution in [3.05, 3.63) is 22.1 Å². The Kier molecular flexibility index (Phi) is 6.53. The molecule has 1 atom stereocenters. The predicted octanol–water partition coefficient (Wildman–Crippen LogP) is 2.08. The first-order chi connectivity index (χ1) is 12.6. The lowest BCUT2D eigenvalue weighted by atomic mass is 10.2. The molecule has 0 spiro atoms. The van der Waals surface area contributed by atoms with Crippen LogP contribution in [0.3, 0.4) is 0 Å². The zero-order chi connectivity index (χ0) is 18.5. The molecule has 1 aliphatic rings. The summed E-state index contributed by atoms with van der Waals surface area (Å²) in [5.41, 5.74) is 0.502. The van der Waals surface area contributed by atoms with Crippen molar-refractivity contribution in [2.75, 3.05) is 29.5 Å². The van der Waals surface area contributed by atoms with Gasteiger partial charge in [-0.2, -0.15) is 16.3 Å². The van der Waals surface area contributed by atoms with Crippen LogP contribution in [0.25, 0.3) is 4.96 Å². The van der Waals surface area contributed by atoms with E-state index in [1.54, 1.807) is 6.92 Å². The molecule has 0 radical (unpaired) electrons. The van der Waals surface area contributed by atoms with Gasteiger partial charge in [-0.1, -0.05) is 18.3 Å². The Morgan fingerprint density at radius 1 is 1.46 bits per heavy atom. The van der Waals surface area contributed by atoms with Gasteiger partial charge in [0.1, 0.15) is 6.04 Å². The number of hydrogen-bond donors (Lipinski definition) is 1. The highest BCUT2D eigenvalue weighted by atomic mass is 32.2. The topological polar surface area (TPSA) is 79.6 Å². The number of aryl methyl sites for hydroxylation is 1. The summed E-state index contributed by atoms with van der Waals surface area (Å²) >= 11 is 3.29. The number of nitrogens with one attached hydrogen (secondary N) is 1. The van der Waals surface area contributed by atoms with E-state index in [2.05, 4.69) is 22.3 Å². The third kappa shape index (κ3) is 4.37. The maximum atomic E-state index is 12.6. The normalized spacial score (nSPS) is 17.2. The van der Waals surface area contributed by atoms with Gasteiger partial charge in [0, 0.05) is 24.8 Å². The van der Waals surface area contributed by atoms with Crippen molar-refractivity contribution in [3.8, 4) is 0 Å². The van der Waals surface area contributed by atoms with E-state index in [0.29, 0.717) is 22.3 Å². The van der Waals surface area contributed by atoms with Gasteiger partial charge in [0.15, 0.2) is 0 Å². The first kappa shape index (κ1) is 19.2. The molecular weight excluding hydrogens is 370 g/mol. The molecule has 2 aromatic rings. The molecule has 0 saturated carbocycles. The lowest BCUT2D eigenvalue weighted by Gasteiger charge is -2.22. The molecule has 3 rings (SSSR count). The zero-order valence-corrected chi connectivity index (χ0v) is 16.9. The number of anilines is 1. The van der Waals surface area contributed by atoms with Crippen LogP contribution < -0.4 is 15.8 Å². The standard InChI is InChI=1S/C17H25N5O2S2/c1-3-9-25-10-5-7-18-15(24)13-6-4-8-21(13)17-20-22-14(23)11-12(2)19-16(22)26-17/h11,13H,3-10H2,1-2H3,(H,18,24). The summed E-state index contributed by atoms with van der Waals surface area (Å²) in [5.74, 6) is 2.31. The largest absolute Gasteiger partial charge is 0.354 e. The Hall–Kier alpha value is -1.61. The summed E-state index contributed by atoms with van der Waals surface area (Å²) in [4.78, 5) is 31.6. The van der Waals surface area contributed by atoms with Gasteiger partial charge < -0.3 is 10.2 Å². The van der Waals surface area contributed by atoms with Gasteiger partial charge in [0.05, 0.1) is 0 Å². The van der Waals surface area contributed by atoms with Gasteiger partial charge in [0.2, 0.25) is 16.0 Å². The molecule has 1 amide bonds. The molecule has 9 heteroatoms. The third-order valence-electron chi connectivity index (χ3n) is 4.28. The number of hydrogen-bond acceptors (Lipinski definition) is 7. The SMILES string of the molecule is CCCSCCCNC(=O)C1CCCN1c1nn2c(=O)cc(C)nc2s1. The molecule has 26 heavy (non-hydrogen) atoms. The molecule has 1 saturated heterocycles. The predicted molar refractivity (Wildman–Crippen MR) is 107 cm³/mol. The molecule has 2 aromatic heterocycles. The van der Waals surface area contributed by atoms with E-state index in [0.717, 1.165) is 31.6 Å². The van der Waals surface area contributed by atoms with E-state index in [1.807, 2.05) is 16.7 Å². The van der Waals surface area contributed by atoms with Crippen LogP contribution in [0.4, 0.5) is 5.13 Å². The maximum Gasteiger partial charge on any atom is 0.275 e. The van der Waals surface area contributed by atoms with E-state index in [-0.39, 0.29) is 17.5 Å². The average Bonchev–Trinajstić information content (AvgIpc) is 3.24. The van der Waals surface area contributed by atoms with Crippen LogP contribution in [-0.2, 0) is 4.79 Å². The second-order valence-electron chi connectivity index (χ2n) is 6.42. The van der Waals surface area contributed by atoms with Crippen LogP contribution >= 0.6 is 23.1 Å². The number of aromatic nitrogens is 3. The summed E-state index contributed by atoms with van der Waals surface area (Å²) in [7, 11) is 0. The Morgan fingerprint density at radius 3 is 3.12 bits per heavy atom. The molecule has 0 bridgehead atoms. The highest BCUT2D eigenvalue weighted by molar-refractivity contribution is 7.99. The van der Waals surface area contributed by atoms with E-state index < -0.39 is 0 Å². The van der Waals surface area contributed by atoms with Crippen molar-refractivity contribution in [2.24, 2.45) is 0 Å². The lowest BCUT2D eigenvalue weighted by molar-refractivity contribution is -0.122. The third-order valence-corrected chi connectivity index (χ3v) is 6.50. The maximum absolute atomic E-state index is 12.6. The minimum absolute atomic E-state index is 0.0544. The van der Waals surface area contributed by atoms with Crippen LogP contribution in [0, 0.1) is 6.92 Å². The fraction of sp³-hybridized carbons (Fsp3) is 0.647.